The molecule has 0 N–H and O–H groups in total. The molecule has 0 amide bonds. The largest absolute Gasteiger partial charge is 0.372 e. The van der Waals surface area contributed by atoms with Gasteiger partial charge in [0.15, 0.2) is 0 Å². The number of anilines is 2. The average molecular weight is 435 g/mol. The summed E-state index contributed by atoms with van der Waals surface area (Å²) >= 11 is 0. The van der Waals surface area contributed by atoms with Gasteiger partial charge in [0.25, 0.3) is 0 Å². The summed E-state index contributed by atoms with van der Waals surface area (Å²) in [6.07, 6.45) is 8.72. The summed E-state index contributed by atoms with van der Waals surface area (Å²) in [7, 11) is 0. The van der Waals surface area contributed by atoms with E-state index in [4.69, 9.17) is 0 Å². The number of hydrogen-bond acceptors (Lipinski definition) is 4. The molecule has 0 saturated carbocycles. The molecule has 0 aliphatic rings. The Hall–Kier alpha value is -2.62. The summed E-state index contributed by atoms with van der Waals surface area (Å²) in [5.74, 6) is 0. The van der Waals surface area contributed by atoms with Crippen molar-refractivity contribution >= 4 is 23.8 Å². The van der Waals surface area contributed by atoms with E-state index < -0.39 is 0 Å². The Morgan fingerprint density at radius 1 is 0.531 bits per heavy atom. The van der Waals surface area contributed by atoms with Crippen LogP contribution in [0.2, 0.25) is 0 Å². The average Bonchev–Trinajstić information content (AvgIpc) is 2.83. The van der Waals surface area contributed by atoms with Crippen LogP contribution >= 0.6 is 0 Å². The molecule has 4 nitrogen and oxygen atoms in total. The minimum Gasteiger partial charge on any atom is -0.372 e. The van der Waals surface area contributed by atoms with E-state index in [0.717, 1.165) is 52.1 Å². The van der Waals surface area contributed by atoms with Gasteiger partial charge in [0.2, 0.25) is 0 Å². The van der Waals surface area contributed by atoms with Gasteiger partial charge in [-0.2, -0.15) is 0 Å². The fourth-order valence-corrected chi connectivity index (χ4v) is 3.82. The van der Waals surface area contributed by atoms with Crippen LogP contribution in [0.25, 0.3) is 0 Å². The highest BCUT2D eigenvalue weighted by Crippen LogP contribution is 2.15. The third kappa shape index (κ3) is 8.86. The van der Waals surface area contributed by atoms with Crippen molar-refractivity contribution in [3.05, 3.63) is 59.7 Å². The maximum Gasteiger partial charge on any atom is 0.0389 e. The molecule has 32 heavy (non-hydrogen) atoms. The van der Waals surface area contributed by atoms with Crippen molar-refractivity contribution in [2.24, 2.45) is 9.98 Å². The van der Waals surface area contributed by atoms with Crippen molar-refractivity contribution in [3.8, 4) is 0 Å². The van der Waals surface area contributed by atoms with Crippen LogP contribution in [-0.4, -0.2) is 51.7 Å². The van der Waals surface area contributed by atoms with Gasteiger partial charge in [-0.15, -0.1) is 0 Å². The van der Waals surface area contributed by atoms with Crippen molar-refractivity contribution in [1.29, 1.82) is 0 Å². The van der Waals surface area contributed by atoms with E-state index >= 15 is 0 Å². The van der Waals surface area contributed by atoms with E-state index in [1.165, 1.54) is 35.3 Å². The van der Waals surface area contributed by atoms with Crippen LogP contribution in [0.4, 0.5) is 11.4 Å². The minimum atomic E-state index is 0.903. The quantitative estimate of drug-likeness (QED) is 0.237. The van der Waals surface area contributed by atoms with Crippen LogP contribution in [0, 0.1) is 0 Å². The first-order valence-electron chi connectivity index (χ1n) is 12.4. The lowest BCUT2D eigenvalue weighted by Gasteiger charge is -2.20. The summed E-state index contributed by atoms with van der Waals surface area (Å²) in [6.45, 7) is 14.7. The zero-order valence-electron chi connectivity index (χ0n) is 20.6. The SMILES string of the molecule is CCN(CC)c1ccc(C=NCCCCCCN=Cc2ccc(N(CC)CC)cc2)cc1. The number of rotatable bonds is 15. The monoisotopic (exact) mass is 434 g/mol. The second-order valence-corrected chi connectivity index (χ2v) is 8.01. The highest BCUT2D eigenvalue weighted by molar-refractivity contribution is 5.80. The standard InChI is InChI=1S/C28H42N4/c1-5-31(6-2)27-17-13-25(14-18-27)23-29-21-11-9-10-12-22-30-24-26-15-19-28(20-16-26)32(7-3)8-4/h13-20,23-24H,5-12,21-22H2,1-4H3. The van der Waals surface area contributed by atoms with Gasteiger partial charge in [0.05, 0.1) is 0 Å². The Balaban J connectivity index is 1.57. The van der Waals surface area contributed by atoms with Gasteiger partial charge in [-0.05, 0) is 75.9 Å². The van der Waals surface area contributed by atoms with Crippen LogP contribution in [-0.2, 0) is 0 Å². The Kier molecular flexibility index (Phi) is 12.2. The van der Waals surface area contributed by atoms with Crippen LogP contribution in [0.5, 0.6) is 0 Å². The Morgan fingerprint density at radius 2 is 0.875 bits per heavy atom. The fraction of sp³-hybridized carbons (Fsp3) is 0.500. The van der Waals surface area contributed by atoms with E-state index in [1.807, 2.05) is 12.4 Å². The molecule has 0 spiro atoms. The topological polar surface area (TPSA) is 31.2 Å². The molecule has 2 aromatic rings. The van der Waals surface area contributed by atoms with Gasteiger partial charge in [-0.1, -0.05) is 37.1 Å². The second kappa shape index (κ2) is 15.2. The highest BCUT2D eigenvalue weighted by atomic mass is 15.1. The van der Waals surface area contributed by atoms with E-state index in [0.29, 0.717) is 0 Å². The lowest BCUT2D eigenvalue weighted by molar-refractivity contribution is 0.655. The van der Waals surface area contributed by atoms with Gasteiger partial charge in [0.1, 0.15) is 0 Å². The van der Waals surface area contributed by atoms with Crippen molar-refractivity contribution in [1.82, 2.24) is 0 Å². The molecule has 0 aliphatic carbocycles. The van der Waals surface area contributed by atoms with Crippen molar-refractivity contribution in [2.45, 2.75) is 53.4 Å². The van der Waals surface area contributed by atoms with Crippen LogP contribution in [0.15, 0.2) is 58.5 Å². The van der Waals surface area contributed by atoms with Gasteiger partial charge in [-0.25, -0.2) is 0 Å². The first kappa shape index (κ1) is 25.6. The number of aliphatic imine (C=N–C) groups is 2. The molecule has 174 valence electrons. The zero-order valence-corrected chi connectivity index (χ0v) is 20.6. The van der Waals surface area contributed by atoms with Crippen molar-refractivity contribution in [2.75, 3.05) is 49.1 Å². The molecule has 0 radical (unpaired) electrons. The first-order valence-corrected chi connectivity index (χ1v) is 12.4. The third-order valence-corrected chi connectivity index (χ3v) is 5.85. The molecule has 2 rings (SSSR count). The summed E-state index contributed by atoms with van der Waals surface area (Å²) in [5.41, 5.74) is 4.93. The second-order valence-electron chi connectivity index (χ2n) is 8.01. The number of nitrogens with zero attached hydrogens (tertiary/aromatic N) is 4. The molecule has 2 aromatic carbocycles. The maximum atomic E-state index is 4.59. The Labute approximate surface area is 196 Å². The van der Waals surface area contributed by atoms with Crippen LogP contribution in [0.3, 0.4) is 0 Å². The number of unbranched alkanes of at least 4 members (excludes halogenated alkanes) is 3. The molecule has 0 aliphatic heterocycles. The molecule has 0 atom stereocenters. The molecular weight excluding hydrogens is 392 g/mol. The Bertz CT molecular complexity index is 716. The number of benzene rings is 2. The molecule has 0 unspecified atom stereocenters. The van der Waals surface area contributed by atoms with Gasteiger partial charge < -0.3 is 9.80 Å². The van der Waals surface area contributed by atoms with Crippen LogP contribution in [0.1, 0.15) is 64.5 Å². The summed E-state index contributed by atoms with van der Waals surface area (Å²) in [5, 5.41) is 0. The van der Waals surface area contributed by atoms with Crippen molar-refractivity contribution in [3.63, 3.8) is 0 Å². The van der Waals surface area contributed by atoms with Crippen molar-refractivity contribution < 1.29 is 0 Å². The maximum absolute atomic E-state index is 4.59. The van der Waals surface area contributed by atoms with E-state index in [-0.39, 0.29) is 0 Å². The summed E-state index contributed by atoms with van der Waals surface area (Å²) < 4.78 is 0. The third-order valence-electron chi connectivity index (χ3n) is 5.85. The first-order chi connectivity index (χ1) is 15.7. The van der Waals surface area contributed by atoms with E-state index in [2.05, 4.69) is 96.0 Å². The van der Waals surface area contributed by atoms with Gasteiger partial charge in [-0.3, -0.25) is 9.98 Å². The van der Waals surface area contributed by atoms with Gasteiger partial charge >= 0.3 is 0 Å². The molecule has 0 aromatic heterocycles. The molecule has 4 heteroatoms. The number of hydrogen-bond donors (Lipinski definition) is 0. The van der Waals surface area contributed by atoms with Crippen LogP contribution < -0.4 is 9.80 Å². The molecular formula is C28H42N4. The van der Waals surface area contributed by atoms with E-state index in [9.17, 15) is 0 Å². The summed E-state index contributed by atoms with van der Waals surface area (Å²) in [4.78, 5) is 13.9. The minimum absolute atomic E-state index is 0.903. The zero-order chi connectivity index (χ0) is 23.0. The van der Waals surface area contributed by atoms with E-state index in [1.54, 1.807) is 0 Å². The normalized spacial score (nSPS) is 11.5. The van der Waals surface area contributed by atoms with Gasteiger partial charge in [0, 0.05) is 63.1 Å². The lowest BCUT2D eigenvalue weighted by atomic mass is 10.2. The predicted octanol–water partition coefficient (Wildman–Crippen LogP) is 6.48. The molecule has 0 heterocycles. The predicted molar refractivity (Wildman–Crippen MR) is 143 cm³/mol. The molecule has 0 fully saturated rings. The fourth-order valence-electron chi connectivity index (χ4n) is 3.82. The summed E-state index contributed by atoms with van der Waals surface area (Å²) in [6, 6.07) is 17.4. The Morgan fingerprint density at radius 3 is 1.19 bits per heavy atom. The highest BCUT2D eigenvalue weighted by Gasteiger charge is 2.01. The molecule has 0 bridgehead atoms. The smallest absolute Gasteiger partial charge is 0.0389 e. The molecule has 0 saturated heterocycles. The lowest BCUT2D eigenvalue weighted by Crippen LogP contribution is -2.21.